The maximum Gasteiger partial charge on any atom is 0.272 e. The van der Waals surface area contributed by atoms with Crippen molar-refractivity contribution in [2.45, 2.75) is 12.8 Å². The van der Waals surface area contributed by atoms with Crippen molar-refractivity contribution in [1.29, 1.82) is 0 Å². The molecule has 0 unspecified atom stereocenters. The third-order valence-corrected chi connectivity index (χ3v) is 2.94. The lowest BCUT2D eigenvalue weighted by Gasteiger charge is -2.02. The van der Waals surface area contributed by atoms with E-state index in [9.17, 15) is 9.59 Å². The van der Waals surface area contributed by atoms with E-state index in [1.54, 1.807) is 5.51 Å². The molecule has 6 heteroatoms. The van der Waals surface area contributed by atoms with Gasteiger partial charge in [-0.05, 0) is 12.8 Å². The van der Waals surface area contributed by atoms with Crippen LogP contribution in [0.1, 0.15) is 23.3 Å². The average Bonchev–Trinajstić information content (AvgIpc) is 2.99. The Morgan fingerprint density at radius 1 is 1.53 bits per heavy atom. The van der Waals surface area contributed by atoms with Crippen molar-refractivity contribution < 1.29 is 9.59 Å². The van der Waals surface area contributed by atoms with E-state index in [2.05, 4.69) is 15.6 Å². The Labute approximate surface area is 90.9 Å². The Hall–Kier alpha value is -1.43. The highest BCUT2D eigenvalue weighted by Crippen LogP contribution is 2.31. The summed E-state index contributed by atoms with van der Waals surface area (Å²) in [7, 11) is 1.54. The van der Waals surface area contributed by atoms with Gasteiger partial charge >= 0.3 is 0 Å². The molecule has 0 atom stereocenters. The zero-order valence-corrected chi connectivity index (χ0v) is 9.06. The first kappa shape index (κ1) is 10.1. The first-order chi connectivity index (χ1) is 7.22. The summed E-state index contributed by atoms with van der Waals surface area (Å²) < 4.78 is 0. The smallest absolute Gasteiger partial charge is 0.272 e. The number of carbonyl (C=O) groups is 2. The summed E-state index contributed by atoms with van der Waals surface area (Å²) in [5, 5.41) is 5.74. The van der Waals surface area contributed by atoms with Gasteiger partial charge in [-0.1, -0.05) is 0 Å². The first-order valence-electron chi connectivity index (χ1n) is 4.69. The molecule has 0 bridgehead atoms. The predicted molar refractivity (Wildman–Crippen MR) is 56.9 cm³/mol. The normalized spacial score (nSPS) is 14.7. The van der Waals surface area contributed by atoms with E-state index < -0.39 is 0 Å². The maximum atomic E-state index is 11.5. The molecule has 1 aromatic rings. The van der Waals surface area contributed by atoms with Crippen molar-refractivity contribution in [2.75, 3.05) is 12.4 Å². The molecule has 2 rings (SSSR count). The van der Waals surface area contributed by atoms with Crippen LogP contribution in [0.4, 0.5) is 5.00 Å². The number of thiazole rings is 1. The van der Waals surface area contributed by atoms with Crippen LogP contribution in [0.3, 0.4) is 0 Å². The number of aromatic nitrogens is 1. The molecule has 0 aromatic carbocycles. The molecule has 1 aliphatic rings. The second-order valence-corrected chi connectivity index (χ2v) is 4.23. The van der Waals surface area contributed by atoms with E-state index in [1.807, 2.05) is 0 Å². The van der Waals surface area contributed by atoms with Gasteiger partial charge in [-0.3, -0.25) is 9.59 Å². The van der Waals surface area contributed by atoms with Crippen molar-refractivity contribution in [1.82, 2.24) is 10.3 Å². The fourth-order valence-electron chi connectivity index (χ4n) is 1.17. The molecule has 0 spiro atoms. The van der Waals surface area contributed by atoms with Crippen LogP contribution in [-0.2, 0) is 4.79 Å². The molecule has 0 radical (unpaired) electrons. The minimum absolute atomic E-state index is 0.00981. The third-order valence-electron chi connectivity index (χ3n) is 2.19. The molecule has 0 aliphatic heterocycles. The number of nitrogens with zero attached hydrogens (tertiary/aromatic N) is 1. The van der Waals surface area contributed by atoms with Crippen molar-refractivity contribution in [3.05, 3.63) is 11.2 Å². The van der Waals surface area contributed by atoms with Crippen molar-refractivity contribution in [3.63, 3.8) is 0 Å². The van der Waals surface area contributed by atoms with Crippen LogP contribution < -0.4 is 10.6 Å². The molecule has 0 saturated heterocycles. The fraction of sp³-hybridized carbons (Fsp3) is 0.444. The number of rotatable bonds is 3. The van der Waals surface area contributed by atoms with Crippen molar-refractivity contribution >= 4 is 28.2 Å². The minimum atomic E-state index is -0.276. The summed E-state index contributed by atoms with van der Waals surface area (Å²) in [4.78, 5) is 26.7. The molecule has 15 heavy (non-hydrogen) atoms. The van der Waals surface area contributed by atoms with Crippen LogP contribution >= 0.6 is 11.3 Å². The van der Waals surface area contributed by atoms with E-state index in [0.29, 0.717) is 5.00 Å². The standard InChI is InChI=1S/C9H11N3O2S/c1-10-8(14)6-9(15-4-11-6)12-7(13)5-2-3-5/h4-5H,2-3H2,1H3,(H,10,14)(H,12,13). The van der Waals surface area contributed by atoms with Gasteiger partial charge in [-0.15, -0.1) is 11.3 Å². The van der Waals surface area contributed by atoms with Gasteiger partial charge in [0.2, 0.25) is 5.91 Å². The summed E-state index contributed by atoms with van der Waals surface area (Å²) in [6.07, 6.45) is 1.89. The lowest BCUT2D eigenvalue weighted by Crippen LogP contribution is -2.21. The van der Waals surface area contributed by atoms with Gasteiger partial charge in [0.25, 0.3) is 5.91 Å². The summed E-state index contributed by atoms with van der Waals surface area (Å²) in [6, 6.07) is 0. The Kier molecular flexibility index (Phi) is 2.68. The van der Waals surface area contributed by atoms with Crippen LogP contribution in [0.5, 0.6) is 0 Å². The minimum Gasteiger partial charge on any atom is -0.354 e. The fourth-order valence-corrected chi connectivity index (χ4v) is 1.85. The van der Waals surface area contributed by atoms with Crippen LogP contribution in [-0.4, -0.2) is 23.8 Å². The largest absolute Gasteiger partial charge is 0.354 e. The van der Waals surface area contributed by atoms with E-state index in [0.717, 1.165) is 12.8 Å². The van der Waals surface area contributed by atoms with Gasteiger partial charge in [0.15, 0.2) is 5.69 Å². The van der Waals surface area contributed by atoms with E-state index >= 15 is 0 Å². The molecular weight excluding hydrogens is 214 g/mol. The first-order valence-corrected chi connectivity index (χ1v) is 5.56. The molecule has 1 saturated carbocycles. The molecule has 80 valence electrons. The highest BCUT2D eigenvalue weighted by molar-refractivity contribution is 7.14. The average molecular weight is 225 g/mol. The summed E-state index contributed by atoms with van der Waals surface area (Å²) in [6.45, 7) is 0. The highest BCUT2D eigenvalue weighted by Gasteiger charge is 2.30. The van der Waals surface area contributed by atoms with E-state index in [4.69, 9.17) is 0 Å². The number of hydrogen-bond donors (Lipinski definition) is 2. The number of anilines is 1. The molecule has 1 aliphatic carbocycles. The van der Waals surface area contributed by atoms with Gasteiger partial charge in [0, 0.05) is 13.0 Å². The molecule has 5 nitrogen and oxygen atoms in total. The topological polar surface area (TPSA) is 71.1 Å². The second-order valence-electron chi connectivity index (χ2n) is 3.37. The quantitative estimate of drug-likeness (QED) is 0.801. The Morgan fingerprint density at radius 2 is 2.27 bits per heavy atom. The Bertz CT molecular complexity index is 398. The highest BCUT2D eigenvalue weighted by atomic mass is 32.1. The van der Waals surface area contributed by atoms with Gasteiger partial charge in [0.1, 0.15) is 5.00 Å². The summed E-state index contributed by atoms with van der Waals surface area (Å²) >= 11 is 1.26. The molecule has 2 amide bonds. The summed E-state index contributed by atoms with van der Waals surface area (Å²) in [5.41, 5.74) is 1.84. The molecular formula is C9H11N3O2S. The monoisotopic (exact) mass is 225 g/mol. The number of amides is 2. The summed E-state index contributed by atoms with van der Waals surface area (Å²) in [5.74, 6) is -0.156. The lowest BCUT2D eigenvalue weighted by molar-refractivity contribution is -0.117. The molecule has 2 N–H and O–H groups in total. The van der Waals surface area contributed by atoms with Crippen LogP contribution in [0.25, 0.3) is 0 Å². The molecule has 1 heterocycles. The van der Waals surface area contributed by atoms with Crippen molar-refractivity contribution in [3.8, 4) is 0 Å². The number of hydrogen-bond acceptors (Lipinski definition) is 4. The van der Waals surface area contributed by atoms with Gasteiger partial charge in [-0.25, -0.2) is 4.98 Å². The van der Waals surface area contributed by atoms with Crippen LogP contribution in [0.15, 0.2) is 5.51 Å². The van der Waals surface area contributed by atoms with Gasteiger partial charge in [-0.2, -0.15) is 0 Å². The molecule has 1 aromatic heterocycles. The zero-order chi connectivity index (χ0) is 10.8. The number of nitrogens with one attached hydrogen (secondary N) is 2. The van der Waals surface area contributed by atoms with Crippen molar-refractivity contribution in [2.24, 2.45) is 5.92 Å². The van der Waals surface area contributed by atoms with Crippen LogP contribution in [0.2, 0.25) is 0 Å². The lowest BCUT2D eigenvalue weighted by atomic mass is 10.3. The zero-order valence-electron chi connectivity index (χ0n) is 8.24. The van der Waals surface area contributed by atoms with Gasteiger partial charge < -0.3 is 10.6 Å². The second kappa shape index (κ2) is 3.98. The van der Waals surface area contributed by atoms with Gasteiger partial charge in [0.05, 0.1) is 5.51 Å². The third kappa shape index (κ3) is 2.15. The van der Waals surface area contributed by atoms with Crippen LogP contribution in [0, 0.1) is 5.92 Å². The Morgan fingerprint density at radius 3 is 2.87 bits per heavy atom. The van der Waals surface area contributed by atoms with E-state index in [1.165, 1.54) is 18.4 Å². The number of carbonyl (C=O) groups excluding carboxylic acids is 2. The molecule has 1 fully saturated rings. The predicted octanol–water partition coefficient (Wildman–Crippen LogP) is 0.851. The SMILES string of the molecule is CNC(=O)c1ncsc1NC(=O)C1CC1. The van der Waals surface area contributed by atoms with E-state index in [-0.39, 0.29) is 23.4 Å². The maximum absolute atomic E-state index is 11.5. The Balaban J connectivity index is 2.10.